The standard InChI is InChI=1S/C33H23Cl3N2O4/c1-41-26-13-17(12-25(36)31(26)42-16-18-10-11-19(34)14-24(18)35)15-37-38-32(39)29-27-20-6-2-3-7-21(20)28(30(29)33(38)40)23-9-5-4-8-22(23)27/h2-15,27-30H,16H2,1H3/b37-15+. The number of imide groups is 1. The molecule has 2 bridgehead atoms. The number of hydrogen-bond donors (Lipinski definition) is 0. The molecule has 8 rings (SSSR count). The zero-order valence-corrected chi connectivity index (χ0v) is 24.5. The van der Waals surface area contributed by atoms with Gasteiger partial charge >= 0.3 is 0 Å². The van der Waals surface area contributed by atoms with Crippen molar-refractivity contribution in [2.45, 2.75) is 18.4 Å². The highest BCUT2D eigenvalue weighted by Gasteiger charge is 2.61. The molecule has 3 aliphatic carbocycles. The van der Waals surface area contributed by atoms with Crippen LogP contribution < -0.4 is 9.47 Å². The van der Waals surface area contributed by atoms with E-state index < -0.39 is 11.8 Å². The molecule has 2 amide bonds. The number of carbonyl (C=O) groups excluding carboxylic acids is 2. The lowest BCUT2D eigenvalue weighted by Crippen LogP contribution is -2.41. The summed E-state index contributed by atoms with van der Waals surface area (Å²) in [5.41, 5.74) is 5.72. The first kappa shape index (κ1) is 27.0. The Morgan fingerprint density at radius 2 is 1.36 bits per heavy atom. The van der Waals surface area contributed by atoms with E-state index in [0.29, 0.717) is 27.1 Å². The zero-order valence-electron chi connectivity index (χ0n) is 22.3. The molecular weight excluding hydrogens is 595 g/mol. The van der Waals surface area contributed by atoms with Crippen molar-refractivity contribution < 1.29 is 19.1 Å². The van der Waals surface area contributed by atoms with E-state index in [1.165, 1.54) is 13.3 Å². The summed E-state index contributed by atoms with van der Waals surface area (Å²) in [7, 11) is 1.50. The number of nitrogens with zero attached hydrogens (tertiary/aromatic N) is 2. The molecule has 1 heterocycles. The van der Waals surface area contributed by atoms with Gasteiger partial charge in [-0.2, -0.15) is 10.1 Å². The Hall–Kier alpha value is -3.84. The van der Waals surface area contributed by atoms with Crippen LogP contribution in [0.25, 0.3) is 0 Å². The monoisotopic (exact) mass is 616 g/mol. The van der Waals surface area contributed by atoms with Gasteiger partial charge in [-0.3, -0.25) is 9.59 Å². The van der Waals surface area contributed by atoms with E-state index in [9.17, 15) is 9.59 Å². The van der Waals surface area contributed by atoms with Gasteiger partial charge in [0.15, 0.2) is 11.5 Å². The minimum Gasteiger partial charge on any atom is -0.493 e. The molecule has 210 valence electrons. The van der Waals surface area contributed by atoms with E-state index in [2.05, 4.69) is 29.4 Å². The van der Waals surface area contributed by atoms with Crippen LogP contribution in [-0.2, 0) is 16.2 Å². The van der Waals surface area contributed by atoms with Gasteiger partial charge in [-0.05, 0) is 52.1 Å². The molecule has 2 atom stereocenters. The molecule has 4 aromatic carbocycles. The second kappa shape index (κ2) is 10.5. The van der Waals surface area contributed by atoms with Crippen molar-refractivity contribution in [2.24, 2.45) is 16.9 Å². The molecule has 2 unspecified atom stereocenters. The maximum atomic E-state index is 13.8. The highest BCUT2D eigenvalue weighted by Crippen LogP contribution is 2.61. The number of ether oxygens (including phenoxy) is 2. The predicted molar refractivity (Wildman–Crippen MR) is 162 cm³/mol. The summed E-state index contributed by atoms with van der Waals surface area (Å²) in [5.74, 6) is -1.28. The number of halogens is 3. The van der Waals surface area contributed by atoms with Gasteiger partial charge in [-0.25, -0.2) is 0 Å². The highest BCUT2D eigenvalue weighted by atomic mass is 35.5. The summed E-state index contributed by atoms with van der Waals surface area (Å²) in [6.07, 6.45) is 1.45. The summed E-state index contributed by atoms with van der Waals surface area (Å²) >= 11 is 18.8. The van der Waals surface area contributed by atoms with Crippen LogP contribution in [0.2, 0.25) is 15.1 Å². The first-order valence-corrected chi connectivity index (χ1v) is 14.5. The maximum absolute atomic E-state index is 13.8. The normalized spacial score (nSPS) is 21.9. The number of hydrogen-bond acceptors (Lipinski definition) is 5. The van der Waals surface area contributed by atoms with Crippen LogP contribution in [0.1, 0.15) is 45.2 Å². The zero-order chi connectivity index (χ0) is 29.1. The number of amides is 2. The van der Waals surface area contributed by atoms with Gasteiger partial charge in [-0.15, -0.1) is 0 Å². The lowest BCUT2D eigenvalue weighted by molar-refractivity contribution is -0.139. The predicted octanol–water partition coefficient (Wildman–Crippen LogP) is 7.46. The first-order chi connectivity index (χ1) is 20.4. The van der Waals surface area contributed by atoms with Crippen molar-refractivity contribution in [2.75, 3.05) is 7.11 Å². The van der Waals surface area contributed by atoms with Gasteiger partial charge in [0, 0.05) is 27.4 Å². The second-order valence-corrected chi connectivity index (χ2v) is 11.8. The van der Waals surface area contributed by atoms with Crippen LogP contribution in [0.3, 0.4) is 0 Å². The molecule has 0 N–H and O–H groups in total. The Kier molecular flexibility index (Phi) is 6.73. The van der Waals surface area contributed by atoms with Crippen molar-refractivity contribution in [3.05, 3.63) is 127 Å². The van der Waals surface area contributed by atoms with Crippen molar-refractivity contribution in [1.29, 1.82) is 0 Å². The number of benzene rings is 4. The van der Waals surface area contributed by atoms with Crippen LogP contribution in [0, 0.1) is 11.8 Å². The van der Waals surface area contributed by atoms with Crippen LogP contribution in [0.5, 0.6) is 11.5 Å². The van der Waals surface area contributed by atoms with Crippen LogP contribution >= 0.6 is 34.8 Å². The molecule has 42 heavy (non-hydrogen) atoms. The Bertz CT molecular complexity index is 1690. The van der Waals surface area contributed by atoms with Crippen molar-refractivity contribution in [1.82, 2.24) is 5.01 Å². The molecule has 9 heteroatoms. The van der Waals surface area contributed by atoms with Gasteiger partial charge in [0.05, 0.1) is 30.2 Å². The molecule has 4 aromatic rings. The SMILES string of the molecule is COc1cc(/C=N/N2C(=O)C3C4c5ccccc5C(c5ccccc54)C3C2=O)cc(Cl)c1OCc1ccc(Cl)cc1Cl. The summed E-state index contributed by atoms with van der Waals surface area (Å²) < 4.78 is 11.5. The fraction of sp³-hybridized carbons (Fsp3) is 0.182. The summed E-state index contributed by atoms with van der Waals surface area (Å²) in [4.78, 5) is 27.6. The lowest BCUT2D eigenvalue weighted by Gasteiger charge is -2.45. The molecule has 6 nitrogen and oxygen atoms in total. The van der Waals surface area contributed by atoms with Crippen LogP contribution in [0.4, 0.5) is 0 Å². The van der Waals surface area contributed by atoms with Crippen molar-refractivity contribution in [3.63, 3.8) is 0 Å². The van der Waals surface area contributed by atoms with Gasteiger partial charge < -0.3 is 9.47 Å². The largest absolute Gasteiger partial charge is 0.493 e. The highest BCUT2D eigenvalue weighted by molar-refractivity contribution is 6.35. The van der Waals surface area contributed by atoms with E-state index >= 15 is 0 Å². The summed E-state index contributed by atoms with van der Waals surface area (Å²) in [6.45, 7) is 0.145. The second-order valence-electron chi connectivity index (χ2n) is 10.6. The van der Waals surface area contributed by atoms with Crippen molar-refractivity contribution in [3.8, 4) is 11.5 Å². The molecule has 0 radical (unpaired) electrons. The smallest absolute Gasteiger partial charge is 0.254 e. The molecule has 1 fully saturated rings. The molecule has 0 saturated carbocycles. The first-order valence-electron chi connectivity index (χ1n) is 13.4. The third-order valence-corrected chi connectivity index (χ3v) is 9.25. The third kappa shape index (κ3) is 4.20. The molecule has 0 aromatic heterocycles. The van der Waals surface area contributed by atoms with E-state index in [4.69, 9.17) is 44.3 Å². The average Bonchev–Trinajstić information content (AvgIpc) is 3.25. The number of rotatable bonds is 6. The van der Waals surface area contributed by atoms with Gasteiger partial charge in [0.25, 0.3) is 11.8 Å². The van der Waals surface area contributed by atoms with Gasteiger partial charge in [0.2, 0.25) is 0 Å². The van der Waals surface area contributed by atoms with Gasteiger partial charge in [-0.1, -0.05) is 89.4 Å². The molecule has 4 aliphatic rings. The molecular formula is C33H23Cl3N2O4. The van der Waals surface area contributed by atoms with E-state index in [1.807, 2.05) is 24.3 Å². The average molecular weight is 618 g/mol. The van der Waals surface area contributed by atoms with E-state index in [0.717, 1.165) is 32.8 Å². The quantitative estimate of drug-likeness (QED) is 0.166. The molecule has 1 aliphatic heterocycles. The van der Waals surface area contributed by atoms with Gasteiger partial charge in [0.1, 0.15) is 6.61 Å². The lowest BCUT2D eigenvalue weighted by atomic mass is 9.55. The third-order valence-electron chi connectivity index (χ3n) is 8.39. The van der Waals surface area contributed by atoms with Crippen LogP contribution in [-0.4, -0.2) is 30.1 Å². The maximum Gasteiger partial charge on any atom is 0.254 e. The fourth-order valence-corrected chi connectivity index (χ4v) is 7.38. The number of methoxy groups -OCH3 is 1. The minimum absolute atomic E-state index is 0.145. The molecule has 1 saturated heterocycles. The van der Waals surface area contributed by atoms with E-state index in [-0.39, 0.29) is 35.3 Å². The summed E-state index contributed by atoms with van der Waals surface area (Å²) in [6, 6.07) is 24.7. The van der Waals surface area contributed by atoms with Crippen molar-refractivity contribution >= 4 is 52.8 Å². The Labute approximate surface area is 257 Å². The number of carbonyl (C=O) groups is 2. The number of hydrazone groups is 1. The Morgan fingerprint density at radius 1 is 0.786 bits per heavy atom. The minimum atomic E-state index is -0.502. The molecule has 0 spiro atoms. The van der Waals surface area contributed by atoms with Crippen LogP contribution in [0.15, 0.2) is 84.0 Å². The fourth-order valence-electron chi connectivity index (χ4n) is 6.64. The van der Waals surface area contributed by atoms with E-state index in [1.54, 1.807) is 30.3 Å². The Morgan fingerprint density at radius 3 is 1.88 bits per heavy atom. The Balaban J connectivity index is 1.17. The summed E-state index contributed by atoms with van der Waals surface area (Å²) in [5, 5.41) is 6.69. The topological polar surface area (TPSA) is 68.2 Å².